The molecule has 0 radical (unpaired) electrons. The van der Waals surface area contributed by atoms with E-state index in [0.29, 0.717) is 5.56 Å². The van der Waals surface area contributed by atoms with Gasteiger partial charge in [-0.3, -0.25) is 4.79 Å². The highest BCUT2D eigenvalue weighted by atomic mass is 16.1. The number of carbonyl (C=O) groups excluding carboxylic acids is 1. The van der Waals surface area contributed by atoms with Crippen molar-refractivity contribution >= 4 is 22.4 Å². The van der Waals surface area contributed by atoms with Crippen LogP contribution in [0.5, 0.6) is 0 Å². The summed E-state index contributed by atoms with van der Waals surface area (Å²) in [6.45, 7) is 4.01. The van der Waals surface area contributed by atoms with E-state index in [0.717, 1.165) is 27.6 Å². The predicted octanol–water partition coefficient (Wildman–Crippen LogP) is 4.71. The fourth-order valence-electron chi connectivity index (χ4n) is 2.40. The summed E-state index contributed by atoms with van der Waals surface area (Å²) in [6, 6.07) is 19.9. The highest BCUT2D eigenvalue weighted by molar-refractivity contribution is 6.06. The van der Waals surface area contributed by atoms with E-state index in [1.807, 2.05) is 74.5 Å². The van der Waals surface area contributed by atoms with Crippen molar-refractivity contribution in [3.63, 3.8) is 0 Å². The predicted molar refractivity (Wildman–Crippen MR) is 87.8 cm³/mol. The van der Waals surface area contributed by atoms with Crippen LogP contribution in [0.3, 0.4) is 0 Å². The van der Waals surface area contributed by atoms with E-state index in [1.165, 1.54) is 0 Å². The summed E-state index contributed by atoms with van der Waals surface area (Å²) in [5.74, 6) is -0.0746. The molecule has 0 aliphatic heterocycles. The monoisotopic (exact) mass is 275 g/mol. The number of amides is 1. The summed E-state index contributed by atoms with van der Waals surface area (Å²) in [4.78, 5) is 12.4. The molecule has 3 aromatic rings. The van der Waals surface area contributed by atoms with E-state index >= 15 is 0 Å². The van der Waals surface area contributed by atoms with Gasteiger partial charge in [-0.1, -0.05) is 42.5 Å². The summed E-state index contributed by atoms with van der Waals surface area (Å²) in [5, 5.41) is 5.21. The Balaban J connectivity index is 1.91. The number of nitrogens with one attached hydrogen (secondary N) is 1. The third kappa shape index (κ3) is 2.79. The number of hydrogen-bond acceptors (Lipinski definition) is 1. The molecule has 3 rings (SSSR count). The second-order valence-electron chi connectivity index (χ2n) is 5.33. The first kappa shape index (κ1) is 13.4. The zero-order chi connectivity index (χ0) is 14.8. The summed E-state index contributed by atoms with van der Waals surface area (Å²) in [5.41, 5.74) is 3.74. The van der Waals surface area contributed by atoms with Gasteiger partial charge in [0.05, 0.1) is 0 Å². The van der Waals surface area contributed by atoms with E-state index < -0.39 is 0 Å². The van der Waals surface area contributed by atoms with Gasteiger partial charge in [-0.05, 0) is 53.9 Å². The van der Waals surface area contributed by atoms with E-state index in [4.69, 9.17) is 0 Å². The molecule has 1 N–H and O–H groups in total. The third-order valence-electron chi connectivity index (χ3n) is 3.65. The summed E-state index contributed by atoms with van der Waals surface area (Å²) in [7, 11) is 0. The van der Waals surface area contributed by atoms with Crippen molar-refractivity contribution in [3.8, 4) is 0 Å². The van der Waals surface area contributed by atoms with Crippen molar-refractivity contribution in [1.29, 1.82) is 0 Å². The first-order chi connectivity index (χ1) is 10.1. The van der Waals surface area contributed by atoms with Crippen molar-refractivity contribution in [2.45, 2.75) is 13.8 Å². The van der Waals surface area contributed by atoms with Crippen molar-refractivity contribution in [2.24, 2.45) is 0 Å². The summed E-state index contributed by atoms with van der Waals surface area (Å²) >= 11 is 0. The summed E-state index contributed by atoms with van der Waals surface area (Å²) < 4.78 is 0. The molecule has 21 heavy (non-hydrogen) atoms. The molecule has 104 valence electrons. The van der Waals surface area contributed by atoms with Gasteiger partial charge in [0, 0.05) is 11.3 Å². The van der Waals surface area contributed by atoms with Gasteiger partial charge in [0.25, 0.3) is 5.91 Å². The molecular weight excluding hydrogens is 258 g/mol. The molecule has 1 amide bonds. The number of benzene rings is 3. The fourth-order valence-corrected chi connectivity index (χ4v) is 2.40. The maximum Gasteiger partial charge on any atom is 0.255 e. The van der Waals surface area contributed by atoms with Crippen LogP contribution in [0.2, 0.25) is 0 Å². The van der Waals surface area contributed by atoms with Crippen LogP contribution in [-0.2, 0) is 0 Å². The molecule has 0 saturated carbocycles. The quantitative estimate of drug-likeness (QED) is 0.721. The molecule has 0 spiro atoms. The minimum atomic E-state index is -0.0746. The fraction of sp³-hybridized carbons (Fsp3) is 0.105. The molecule has 0 saturated heterocycles. The maximum atomic E-state index is 12.4. The maximum absolute atomic E-state index is 12.4. The zero-order valence-electron chi connectivity index (χ0n) is 12.2. The Labute approximate surface area is 124 Å². The van der Waals surface area contributed by atoms with E-state index in [9.17, 15) is 4.79 Å². The highest BCUT2D eigenvalue weighted by Gasteiger charge is 2.08. The van der Waals surface area contributed by atoms with Gasteiger partial charge in [0.2, 0.25) is 0 Å². The number of aryl methyl sites for hydroxylation is 2. The topological polar surface area (TPSA) is 29.1 Å². The minimum Gasteiger partial charge on any atom is -0.322 e. The molecule has 3 aromatic carbocycles. The van der Waals surface area contributed by atoms with Crippen molar-refractivity contribution in [2.75, 3.05) is 5.32 Å². The van der Waals surface area contributed by atoms with Crippen molar-refractivity contribution in [3.05, 3.63) is 77.4 Å². The molecule has 2 nitrogen and oxygen atoms in total. The zero-order valence-corrected chi connectivity index (χ0v) is 12.2. The number of anilines is 1. The van der Waals surface area contributed by atoms with Gasteiger partial charge in [-0.25, -0.2) is 0 Å². The van der Waals surface area contributed by atoms with E-state index in [2.05, 4.69) is 5.32 Å². The van der Waals surface area contributed by atoms with Gasteiger partial charge >= 0.3 is 0 Å². The number of hydrogen-bond donors (Lipinski definition) is 1. The molecule has 0 atom stereocenters. The largest absolute Gasteiger partial charge is 0.322 e. The lowest BCUT2D eigenvalue weighted by molar-refractivity contribution is 0.102. The van der Waals surface area contributed by atoms with Crippen LogP contribution in [0.4, 0.5) is 5.69 Å². The van der Waals surface area contributed by atoms with Crippen molar-refractivity contribution in [1.82, 2.24) is 0 Å². The third-order valence-corrected chi connectivity index (χ3v) is 3.65. The van der Waals surface area contributed by atoms with Crippen LogP contribution in [0.25, 0.3) is 10.8 Å². The lowest BCUT2D eigenvalue weighted by Crippen LogP contribution is -2.12. The molecule has 0 heterocycles. The highest BCUT2D eigenvalue weighted by Crippen LogP contribution is 2.19. The van der Waals surface area contributed by atoms with Crippen LogP contribution in [0.15, 0.2) is 60.7 Å². The van der Waals surface area contributed by atoms with Gasteiger partial charge in [0.1, 0.15) is 0 Å². The molecule has 0 aromatic heterocycles. The van der Waals surface area contributed by atoms with Crippen LogP contribution in [0, 0.1) is 13.8 Å². The Morgan fingerprint density at radius 3 is 2.43 bits per heavy atom. The van der Waals surface area contributed by atoms with Crippen molar-refractivity contribution < 1.29 is 4.79 Å². The van der Waals surface area contributed by atoms with E-state index in [-0.39, 0.29) is 5.91 Å². The van der Waals surface area contributed by atoms with Crippen LogP contribution in [0.1, 0.15) is 21.5 Å². The molecule has 0 fully saturated rings. The Kier molecular flexibility index (Phi) is 3.44. The lowest BCUT2D eigenvalue weighted by Gasteiger charge is -2.10. The lowest BCUT2D eigenvalue weighted by atomic mass is 10.1. The van der Waals surface area contributed by atoms with Crippen LogP contribution < -0.4 is 5.32 Å². The smallest absolute Gasteiger partial charge is 0.255 e. The molecular formula is C19H17NO. The second kappa shape index (κ2) is 5.41. The van der Waals surface area contributed by atoms with E-state index in [1.54, 1.807) is 0 Å². The normalized spacial score (nSPS) is 10.6. The number of fused-ring (bicyclic) bond motifs is 1. The Bertz CT molecular complexity index is 821. The molecule has 0 unspecified atom stereocenters. The molecule has 0 bridgehead atoms. The van der Waals surface area contributed by atoms with Crippen LogP contribution >= 0.6 is 0 Å². The average Bonchev–Trinajstić information content (AvgIpc) is 2.50. The molecule has 0 aliphatic carbocycles. The molecule has 0 aliphatic rings. The first-order valence-corrected chi connectivity index (χ1v) is 7.01. The van der Waals surface area contributed by atoms with Gasteiger partial charge in [0.15, 0.2) is 0 Å². The Hall–Kier alpha value is -2.61. The van der Waals surface area contributed by atoms with Gasteiger partial charge in [-0.2, -0.15) is 0 Å². The first-order valence-electron chi connectivity index (χ1n) is 7.01. The Morgan fingerprint density at radius 2 is 1.62 bits per heavy atom. The average molecular weight is 275 g/mol. The van der Waals surface area contributed by atoms with Gasteiger partial charge in [-0.15, -0.1) is 0 Å². The van der Waals surface area contributed by atoms with Gasteiger partial charge < -0.3 is 5.32 Å². The minimum absolute atomic E-state index is 0.0746. The standard InChI is InChI=1S/C19H17NO/c1-13-7-8-14(2)18(11-13)20-19(21)17-10-9-15-5-3-4-6-16(15)12-17/h3-12H,1-2H3,(H,20,21). The summed E-state index contributed by atoms with van der Waals surface area (Å²) in [6.07, 6.45) is 0. The Morgan fingerprint density at radius 1 is 0.857 bits per heavy atom. The second-order valence-corrected chi connectivity index (χ2v) is 5.33. The number of rotatable bonds is 2. The SMILES string of the molecule is Cc1ccc(C)c(NC(=O)c2ccc3ccccc3c2)c1. The molecule has 2 heteroatoms. The number of carbonyl (C=O) groups is 1. The van der Waals surface area contributed by atoms with Crippen LogP contribution in [-0.4, -0.2) is 5.91 Å².